The number of carbonyl (C=O) groups is 1. The number of hydrogen-bond acceptors (Lipinski definition) is 10. The molecular formula is C32H47FN4O6Si-. The molecule has 4 rings (SSSR count). The highest BCUT2D eigenvalue weighted by atomic mass is 28.4. The molecule has 0 bridgehead atoms. The third-order valence-electron chi connectivity index (χ3n) is 8.38. The van der Waals surface area contributed by atoms with Crippen LogP contribution >= 0.6 is 0 Å². The maximum atomic E-state index is 15.4. The van der Waals surface area contributed by atoms with Crippen LogP contribution in [0.1, 0.15) is 58.9 Å². The van der Waals surface area contributed by atoms with E-state index in [9.17, 15) is 4.79 Å². The van der Waals surface area contributed by atoms with Gasteiger partial charge in [-0.05, 0) is 27.6 Å². The normalized spacial score (nSPS) is 18.0. The van der Waals surface area contributed by atoms with Crippen molar-refractivity contribution in [1.29, 1.82) is 0 Å². The van der Waals surface area contributed by atoms with Crippen molar-refractivity contribution >= 4 is 25.9 Å². The van der Waals surface area contributed by atoms with Crippen molar-refractivity contribution < 1.29 is 32.7 Å². The molecular weight excluding hydrogens is 583 g/mol. The van der Waals surface area contributed by atoms with Crippen LogP contribution in [-0.2, 0) is 34.9 Å². The highest BCUT2D eigenvalue weighted by molar-refractivity contribution is 6.74. The van der Waals surface area contributed by atoms with Crippen LogP contribution in [0, 0.1) is 11.7 Å². The van der Waals surface area contributed by atoms with Crippen molar-refractivity contribution in [1.82, 2.24) is 9.97 Å². The number of hydrogen-bond donors (Lipinski definition) is 0. The third kappa shape index (κ3) is 9.29. The Balaban J connectivity index is 1.27. The molecule has 0 saturated carbocycles. The molecule has 2 fully saturated rings. The number of anilines is 1. The van der Waals surface area contributed by atoms with Crippen LogP contribution in [0.3, 0.4) is 0 Å². The Morgan fingerprint density at radius 2 is 1.91 bits per heavy atom. The zero-order valence-electron chi connectivity index (χ0n) is 26.9. The number of aromatic nitrogens is 2. The van der Waals surface area contributed by atoms with Gasteiger partial charge in [0.2, 0.25) is 5.95 Å². The Bertz CT molecular complexity index is 1260. The molecule has 0 aliphatic carbocycles. The van der Waals surface area contributed by atoms with Crippen molar-refractivity contribution in [2.45, 2.75) is 84.4 Å². The zero-order valence-corrected chi connectivity index (χ0v) is 27.9. The molecule has 44 heavy (non-hydrogen) atoms. The number of carbonyl (C=O) groups excluding carboxylic acids is 1. The molecule has 12 heteroatoms. The number of benzene rings is 1. The van der Waals surface area contributed by atoms with E-state index in [0.717, 1.165) is 25.0 Å². The largest absolute Gasteiger partial charge is 0.561 e. The summed E-state index contributed by atoms with van der Waals surface area (Å²) >= 11 is 0. The summed E-state index contributed by atoms with van der Waals surface area (Å²) in [7, 11) is -2.01. The number of rotatable bonds is 14. The molecule has 1 aromatic heterocycles. The van der Waals surface area contributed by atoms with Gasteiger partial charge >= 0.3 is 5.97 Å². The maximum absolute atomic E-state index is 15.4. The Morgan fingerprint density at radius 3 is 2.57 bits per heavy atom. The van der Waals surface area contributed by atoms with Crippen LogP contribution in [0.4, 0.5) is 10.3 Å². The van der Waals surface area contributed by atoms with Crippen LogP contribution in [-0.4, -0.2) is 75.8 Å². The van der Waals surface area contributed by atoms with Crippen LogP contribution in [0.15, 0.2) is 35.7 Å². The van der Waals surface area contributed by atoms with Crippen molar-refractivity contribution in [2.75, 3.05) is 44.4 Å². The van der Waals surface area contributed by atoms with Crippen LogP contribution in [0.5, 0.6) is 0 Å². The molecule has 0 radical (unpaired) electrons. The molecule has 1 aromatic carbocycles. The summed E-state index contributed by atoms with van der Waals surface area (Å²) in [4.78, 5) is 28.2. The smallest absolute Gasteiger partial charge is 0.305 e. The van der Waals surface area contributed by atoms with Crippen molar-refractivity contribution in [2.24, 2.45) is 11.1 Å². The van der Waals surface area contributed by atoms with Gasteiger partial charge in [0.15, 0.2) is 6.29 Å². The molecule has 0 N–H and O–H groups in total. The Labute approximate surface area is 261 Å². The molecule has 2 aromatic rings. The van der Waals surface area contributed by atoms with Gasteiger partial charge in [-0.3, -0.25) is 4.79 Å². The van der Waals surface area contributed by atoms with Gasteiger partial charge in [0.25, 0.3) is 0 Å². The quantitative estimate of drug-likeness (QED) is 0.139. The average Bonchev–Trinajstić information content (AvgIpc) is 2.98. The molecule has 2 atom stereocenters. The summed E-state index contributed by atoms with van der Waals surface area (Å²) in [5, 5.41) is 4.30. The summed E-state index contributed by atoms with van der Waals surface area (Å²) in [5.41, 5.74) is 2.43. The maximum Gasteiger partial charge on any atom is 0.305 e. The SMILES string of the molecule is CCC(=O)OCC(CON=C1CN(c2ncc(-c3cccc(CO[Si-](C)(C)C(C)(C)C)c3F)cn2)C1)COC1CCCCO1. The first-order valence-electron chi connectivity index (χ1n) is 15.5. The molecule has 2 saturated heterocycles. The number of nitrogens with zero attached hydrogens (tertiary/aromatic N) is 4. The molecule has 2 unspecified atom stereocenters. The second-order valence-corrected chi connectivity index (χ2v) is 17.8. The van der Waals surface area contributed by atoms with Gasteiger partial charge in [0, 0.05) is 48.7 Å². The lowest BCUT2D eigenvalue weighted by Gasteiger charge is -2.48. The predicted octanol–water partition coefficient (Wildman–Crippen LogP) is 6.11. The second kappa shape index (κ2) is 15.4. The fraction of sp³-hybridized carbons (Fsp3) is 0.625. The lowest BCUT2D eigenvalue weighted by Crippen LogP contribution is -2.48. The highest BCUT2D eigenvalue weighted by Gasteiger charge is 2.27. The summed E-state index contributed by atoms with van der Waals surface area (Å²) in [6.07, 6.45) is 6.35. The fourth-order valence-electron chi connectivity index (χ4n) is 4.38. The Morgan fingerprint density at radius 1 is 1.16 bits per heavy atom. The lowest BCUT2D eigenvalue weighted by atomic mass is 10.1. The topological polar surface area (TPSA) is 105 Å². The summed E-state index contributed by atoms with van der Waals surface area (Å²) < 4.78 is 38.5. The van der Waals surface area contributed by atoms with E-state index in [4.69, 9.17) is 23.5 Å². The van der Waals surface area contributed by atoms with Gasteiger partial charge in [-0.1, -0.05) is 51.0 Å². The van der Waals surface area contributed by atoms with E-state index >= 15 is 4.39 Å². The van der Waals surface area contributed by atoms with E-state index in [2.05, 4.69) is 49.0 Å². The average molecular weight is 631 g/mol. The first kappa shape index (κ1) is 33.9. The van der Waals surface area contributed by atoms with Crippen molar-refractivity contribution in [3.05, 3.63) is 42.0 Å². The first-order valence-corrected chi connectivity index (χ1v) is 18.4. The van der Waals surface area contributed by atoms with Gasteiger partial charge in [-0.15, -0.1) is 18.1 Å². The molecule has 0 amide bonds. The molecule has 2 aliphatic rings. The number of esters is 1. The third-order valence-corrected chi connectivity index (χ3v) is 12.9. The van der Waals surface area contributed by atoms with Gasteiger partial charge in [0.1, 0.15) is 12.4 Å². The predicted molar refractivity (Wildman–Crippen MR) is 169 cm³/mol. The van der Waals surface area contributed by atoms with E-state index in [-0.39, 0.29) is 48.9 Å². The van der Waals surface area contributed by atoms with E-state index in [0.29, 0.717) is 55.4 Å². The highest BCUT2D eigenvalue weighted by Crippen LogP contribution is 2.37. The number of halogens is 1. The van der Waals surface area contributed by atoms with Crippen molar-refractivity contribution in [3.8, 4) is 11.1 Å². The molecule has 2 aliphatic heterocycles. The summed E-state index contributed by atoms with van der Waals surface area (Å²) in [6, 6.07) is 5.34. The number of ether oxygens (including phenoxy) is 3. The molecule has 0 spiro atoms. The van der Waals surface area contributed by atoms with Crippen LogP contribution < -0.4 is 4.90 Å². The Hall–Kier alpha value is -2.93. The van der Waals surface area contributed by atoms with E-state index < -0.39 is 8.32 Å². The van der Waals surface area contributed by atoms with Crippen molar-refractivity contribution in [3.63, 3.8) is 0 Å². The fourth-order valence-corrected chi connectivity index (χ4v) is 5.33. The summed E-state index contributed by atoms with van der Waals surface area (Å²) in [5.74, 6) is -0.194. The number of oxime groups is 1. The molecule has 243 valence electrons. The molecule has 3 heterocycles. The second-order valence-electron chi connectivity index (χ2n) is 12.9. The van der Waals surface area contributed by atoms with Gasteiger partial charge in [-0.2, -0.15) is 0 Å². The van der Waals surface area contributed by atoms with Crippen LogP contribution in [0.25, 0.3) is 11.1 Å². The van der Waals surface area contributed by atoms with E-state index in [1.807, 2.05) is 11.0 Å². The first-order chi connectivity index (χ1) is 21.0. The minimum absolute atomic E-state index is 0.0462. The Kier molecular flexibility index (Phi) is 11.9. The van der Waals surface area contributed by atoms with Crippen LogP contribution in [0.2, 0.25) is 18.1 Å². The minimum atomic E-state index is -2.01. The monoisotopic (exact) mass is 630 g/mol. The minimum Gasteiger partial charge on any atom is -0.561 e. The van der Waals surface area contributed by atoms with Gasteiger partial charge < -0.3 is 28.4 Å². The standard InChI is InChI=1S/C32H47FN4O6Si/c1-7-28(38)40-19-23(20-41-29-13-8-9-14-39-29)21-42-36-26-17-37(18-26)31-34-15-25(16-35-31)27-12-10-11-24(30(27)33)22-43-44(5,6)32(2,3)4/h10-12,15-16,23,29H,7-9,13-14,17-22H2,1-6H3/q-1. The van der Waals surface area contributed by atoms with Gasteiger partial charge in [0.05, 0.1) is 37.9 Å². The summed E-state index contributed by atoms with van der Waals surface area (Å²) in [6.45, 7) is 15.4. The van der Waals surface area contributed by atoms with E-state index in [1.165, 1.54) is 0 Å². The zero-order chi connectivity index (χ0) is 31.7. The van der Waals surface area contributed by atoms with E-state index in [1.54, 1.807) is 31.5 Å². The lowest BCUT2D eigenvalue weighted by molar-refractivity contribution is -0.176. The van der Waals surface area contributed by atoms with Gasteiger partial charge in [-0.25, -0.2) is 14.4 Å². The molecule has 10 nitrogen and oxygen atoms in total.